The summed E-state index contributed by atoms with van der Waals surface area (Å²) in [6, 6.07) is 1.79. The van der Waals surface area contributed by atoms with Crippen molar-refractivity contribution in [3.05, 3.63) is 12.3 Å². The SMILES string of the molecule is COc1cnc2n[nH]c(N)c2c1. The maximum atomic E-state index is 5.59. The van der Waals surface area contributed by atoms with Gasteiger partial charge in [-0.3, -0.25) is 5.10 Å². The average molecular weight is 164 g/mol. The number of nitrogens with zero attached hydrogens (tertiary/aromatic N) is 2. The van der Waals surface area contributed by atoms with Crippen molar-refractivity contribution in [1.29, 1.82) is 0 Å². The summed E-state index contributed by atoms with van der Waals surface area (Å²) in [7, 11) is 1.58. The van der Waals surface area contributed by atoms with E-state index in [-0.39, 0.29) is 0 Å². The van der Waals surface area contributed by atoms with Crippen molar-refractivity contribution < 1.29 is 4.74 Å². The Morgan fingerprint density at radius 2 is 2.42 bits per heavy atom. The summed E-state index contributed by atoms with van der Waals surface area (Å²) in [5.74, 6) is 1.19. The lowest BCUT2D eigenvalue weighted by Gasteiger charge is -1.96. The zero-order chi connectivity index (χ0) is 8.55. The van der Waals surface area contributed by atoms with Crippen LogP contribution in [0.1, 0.15) is 0 Å². The summed E-state index contributed by atoms with van der Waals surface area (Å²) < 4.78 is 4.99. The average Bonchev–Trinajstić information content (AvgIpc) is 2.47. The van der Waals surface area contributed by atoms with Crippen LogP contribution in [0.15, 0.2) is 12.3 Å². The van der Waals surface area contributed by atoms with Crippen LogP contribution in [0.25, 0.3) is 11.0 Å². The van der Waals surface area contributed by atoms with Crippen LogP contribution >= 0.6 is 0 Å². The molecular weight excluding hydrogens is 156 g/mol. The van der Waals surface area contributed by atoms with Crippen molar-refractivity contribution in [3.8, 4) is 5.75 Å². The Labute approximate surface area is 68.5 Å². The molecule has 0 fully saturated rings. The second kappa shape index (κ2) is 2.37. The molecule has 5 heteroatoms. The molecule has 62 valence electrons. The van der Waals surface area contributed by atoms with Gasteiger partial charge in [0.1, 0.15) is 11.6 Å². The van der Waals surface area contributed by atoms with E-state index in [4.69, 9.17) is 10.5 Å². The van der Waals surface area contributed by atoms with Crippen molar-refractivity contribution in [2.45, 2.75) is 0 Å². The van der Waals surface area contributed by atoms with Gasteiger partial charge in [0, 0.05) is 0 Å². The number of fused-ring (bicyclic) bond motifs is 1. The van der Waals surface area contributed by atoms with Crippen LogP contribution in [-0.4, -0.2) is 22.3 Å². The Bertz CT molecular complexity index is 409. The third-order valence-electron chi connectivity index (χ3n) is 1.65. The number of pyridine rings is 1. The van der Waals surface area contributed by atoms with E-state index >= 15 is 0 Å². The van der Waals surface area contributed by atoms with Crippen LogP contribution < -0.4 is 10.5 Å². The fraction of sp³-hybridized carbons (Fsp3) is 0.143. The molecule has 0 aliphatic heterocycles. The standard InChI is InChI=1S/C7H8N4O/c1-12-4-2-5-6(8)10-11-7(5)9-3-4/h2-3H,1H3,(H3,8,9,10,11). The summed E-state index contributed by atoms with van der Waals surface area (Å²) in [4.78, 5) is 4.03. The van der Waals surface area contributed by atoms with Crippen molar-refractivity contribution in [2.24, 2.45) is 0 Å². The van der Waals surface area contributed by atoms with Gasteiger partial charge in [-0.2, -0.15) is 5.10 Å². The van der Waals surface area contributed by atoms with Crippen LogP contribution in [-0.2, 0) is 0 Å². The van der Waals surface area contributed by atoms with Crippen molar-refractivity contribution in [3.63, 3.8) is 0 Å². The summed E-state index contributed by atoms with van der Waals surface area (Å²) in [5.41, 5.74) is 6.19. The quantitative estimate of drug-likeness (QED) is 0.645. The van der Waals surface area contributed by atoms with Crippen molar-refractivity contribution in [2.75, 3.05) is 12.8 Å². The van der Waals surface area contributed by atoms with Crippen LogP contribution in [0.2, 0.25) is 0 Å². The third-order valence-corrected chi connectivity index (χ3v) is 1.65. The fourth-order valence-electron chi connectivity index (χ4n) is 1.01. The van der Waals surface area contributed by atoms with Gasteiger partial charge in [0.15, 0.2) is 5.65 Å². The highest BCUT2D eigenvalue weighted by Crippen LogP contribution is 2.20. The molecule has 0 bridgehead atoms. The number of rotatable bonds is 1. The summed E-state index contributed by atoms with van der Waals surface area (Å²) in [6.07, 6.45) is 1.60. The minimum Gasteiger partial charge on any atom is -0.495 e. The Morgan fingerprint density at radius 3 is 3.17 bits per heavy atom. The molecular formula is C7H8N4O. The lowest BCUT2D eigenvalue weighted by atomic mass is 10.3. The first kappa shape index (κ1) is 6.90. The Kier molecular flexibility index (Phi) is 1.36. The van der Waals surface area contributed by atoms with E-state index < -0.39 is 0 Å². The second-order valence-electron chi connectivity index (χ2n) is 2.38. The molecule has 0 spiro atoms. The molecule has 0 saturated carbocycles. The number of anilines is 1. The number of aromatic amines is 1. The van der Waals surface area contributed by atoms with Gasteiger partial charge in [0.25, 0.3) is 0 Å². The molecule has 5 nitrogen and oxygen atoms in total. The van der Waals surface area contributed by atoms with Crippen LogP contribution in [0.4, 0.5) is 5.82 Å². The van der Waals surface area contributed by atoms with E-state index in [1.807, 2.05) is 0 Å². The first-order valence-corrected chi connectivity index (χ1v) is 3.45. The number of hydrogen-bond donors (Lipinski definition) is 2. The first-order chi connectivity index (χ1) is 5.81. The highest BCUT2D eigenvalue weighted by molar-refractivity contribution is 5.86. The lowest BCUT2D eigenvalue weighted by molar-refractivity contribution is 0.414. The number of nitrogens with one attached hydrogen (secondary N) is 1. The number of nitrogens with two attached hydrogens (primary N) is 1. The molecule has 0 aromatic carbocycles. The van der Waals surface area contributed by atoms with E-state index in [1.165, 1.54) is 0 Å². The smallest absolute Gasteiger partial charge is 0.183 e. The summed E-state index contributed by atoms with van der Waals surface area (Å²) >= 11 is 0. The number of hydrogen-bond acceptors (Lipinski definition) is 4. The van der Waals surface area contributed by atoms with E-state index in [2.05, 4.69) is 15.2 Å². The van der Waals surface area contributed by atoms with Gasteiger partial charge >= 0.3 is 0 Å². The van der Waals surface area contributed by atoms with Gasteiger partial charge in [0.05, 0.1) is 18.7 Å². The summed E-state index contributed by atoms with van der Waals surface area (Å²) in [5, 5.41) is 7.30. The molecule has 0 saturated heterocycles. The van der Waals surface area contributed by atoms with Crippen LogP contribution in [0.3, 0.4) is 0 Å². The molecule has 0 aliphatic rings. The van der Waals surface area contributed by atoms with Crippen LogP contribution in [0, 0.1) is 0 Å². The zero-order valence-corrected chi connectivity index (χ0v) is 6.53. The first-order valence-electron chi connectivity index (χ1n) is 3.45. The zero-order valence-electron chi connectivity index (χ0n) is 6.53. The highest BCUT2D eigenvalue weighted by atomic mass is 16.5. The maximum Gasteiger partial charge on any atom is 0.183 e. The molecule has 0 unspecified atom stereocenters. The molecule has 0 aliphatic carbocycles. The Morgan fingerprint density at radius 1 is 1.58 bits per heavy atom. The van der Waals surface area contributed by atoms with Gasteiger partial charge < -0.3 is 10.5 Å². The molecule has 2 heterocycles. The number of methoxy groups -OCH3 is 1. The maximum absolute atomic E-state index is 5.59. The molecule has 0 radical (unpaired) electrons. The number of ether oxygens (including phenoxy) is 1. The number of H-pyrrole nitrogens is 1. The van der Waals surface area contributed by atoms with Crippen LogP contribution in [0.5, 0.6) is 5.75 Å². The van der Waals surface area contributed by atoms with Crippen molar-refractivity contribution in [1.82, 2.24) is 15.2 Å². The molecule has 2 aromatic rings. The molecule has 12 heavy (non-hydrogen) atoms. The Balaban J connectivity index is 2.71. The lowest BCUT2D eigenvalue weighted by Crippen LogP contribution is -1.86. The third kappa shape index (κ3) is 0.868. The highest BCUT2D eigenvalue weighted by Gasteiger charge is 2.03. The number of aromatic nitrogens is 3. The minimum atomic E-state index is 0.511. The molecule has 3 N–H and O–H groups in total. The molecule has 2 aromatic heterocycles. The molecule has 0 atom stereocenters. The largest absolute Gasteiger partial charge is 0.495 e. The fourth-order valence-corrected chi connectivity index (χ4v) is 1.01. The molecule has 2 rings (SSSR count). The minimum absolute atomic E-state index is 0.511. The second-order valence-corrected chi connectivity index (χ2v) is 2.38. The van der Waals surface area contributed by atoms with Gasteiger partial charge in [-0.25, -0.2) is 4.98 Å². The van der Waals surface area contributed by atoms with E-state index in [9.17, 15) is 0 Å². The summed E-state index contributed by atoms with van der Waals surface area (Å²) in [6.45, 7) is 0. The van der Waals surface area contributed by atoms with Gasteiger partial charge in [0.2, 0.25) is 0 Å². The van der Waals surface area contributed by atoms with E-state index in [1.54, 1.807) is 19.4 Å². The van der Waals surface area contributed by atoms with Gasteiger partial charge in [-0.1, -0.05) is 0 Å². The monoisotopic (exact) mass is 164 g/mol. The van der Waals surface area contributed by atoms with Crippen molar-refractivity contribution >= 4 is 16.9 Å². The van der Waals surface area contributed by atoms with E-state index in [0.717, 1.165) is 5.39 Å². The topological polar surface area (TPSA) is 76.8 Å². The normalized spacial score (nSPS) is 10.4. The van der Waals surface area contributed by atoms with Gasteiger partial charge in [-0.15, -0.1) is 0 Å². The predicted octanol–water partition coefficient (Wildman–Crippen LogP) is 0.549. The molecule has 0 amide bonds. The van der Waals surface area contributed by atoms with E-state index in [0.29, 0.717) is 17.2 Å². The number of nitrogen functional groups attached to an aromatic ring is 1. The predicted molar refractivity (Wildman–Crippen MR) is 44.9 cm³/mol. The Hall–Kier alpha value is -1.78. The van der Waals surface area contributed by atoms with Gasteiger partial charge in [-0.05, 0) is 6.07 Å².